The van der Waals surface area contributed by atoms with Gasteiger partial charge in [0.2, 0.25) is 0 Å². The van der Waals surface area contributed by atoms with Gasteiger partial charge in [-0.2, -0.15) is 5.10 Å². The van der Waals surface area contributed by atoms with Gasteiger partial charge < -0.3 is 10.2 Å². The van der Waals surface area contributed by atoms with E-state index in [-0.39, 0.29) is 0 Å². The number of hydrogen-bond acceptors (Lipinski definition) is 3. The molecule has 0 saturated carbocycles. The van der Waals surface area contributed by atoms with Crippen LogP contribution in [0.1, 0.15) is 43.7 Å². The first kappa shape index (κ1) is 17.2. The summed E-state index contributed by atoms with van der Waals surface area (Å²) in [7, 11) is 0. The second-order valence-electron chi connectivity index (χ2n) is 6.88. The van der Waals surface area contributed by atoms with Gasteiger partial charge in [0.25, 0.3) is 0 Å². The Balaban J connectivity index is 1.40. The summed E-state index contributed by atoms with van der Waals surface area (Å²) in [6.07, 6.45) is 9.32. The fraction of sp³-hybridized carbons (Fsp3) is 0.550. The number of rotatable bonds is 8. The van der Waals surface area contributed by atoms with Crippen molar-refractivity contribution >= 4 is 0 Å². The van der Waals surface area contributed by atoms with Gasteiger partial charge in [-0.05, 0) is 44.5 Å². The van der Waals surface area contributed by atoms with Crippen molar-refractivity contribution in [3.8, 4) is 0 Å². The van der Waals surface area contributed by atoms with Crippen LogP contribution in [0, 0.1) is 0 Å². The van der Waals surface area contributed by atoms with Gasteiger partial charge in [-0.3, -0.25) is 4.68 Å². The Morgan fingerprint density at radius 2 is 1.92 bits per heavy atom. The summed E-state index contributed by atoms with van der Waals surface area (Å²) in [5.74, 6) is 0. The Morgan fingerprint density at radius 3 is 2.67 bits per heavy atom. The lowest BCUT2D eigenvalue weighted by molar-refractivity contribution is 0.195. The predicted octanol–water partition coefficient (Wildman–Crippen LogP) is 3.29. The van der Waals surface area contributed by atoms with Gasteiger partial charge in [-0.15, -0.1) is 0 Å². The molecule has 24 heavy (non-hydrogen) atoms. The predicted molar refractivity (Wildman–Crippen MR) is 99.0 cm³/mol. The third-order valence-electron chi connectivity index (χ3n) is 4.88. The van der Waals surface area contributed by atoms with Crippen molar-refractivity contribution in [1.29, 1.82) is 0 Å². The lowest BCUT2D eigenvalue weighted by Gasteiger charge is -2.32. The van der Waals surface area contributed by atoms with E-state index in [9.17, 15) is 0 Å². The van der Waals surface area contributed by atoms with Crippen LogP contribution in [0.2, 0.25) is 0 Å². The second-order valence-corrected chi connectivity index (χ2v) is 6.88. The summed E-state index contributed by atoms with van der Waals surface area (Å²) in [5.41, 5.74) is 2.57. The van der Waals surface area contributed by atoms with Crippen LogP contribution in [0.3, 0.4) is 0 Å². The molecule has 1 saturated heterocycles. The SMILES string of the molecule is CCCCN1CCC(NCc2cnn(Cc3ccccc3)c2)CC1. The molecule has 0 atom stereocenters. The van der Waals surface area contributed by atoms with Crippen LogP contribution in [0.25, 0.3) is 0 Å². The van der Waals surface area contributed by atoms with E-state index < -0.39 is 0 Å². The topological polar surface area (TPSA) is 33.1 Å². The number of nitrogens with one attached hydrogen (secondary N) is 1. The fourth-order valence-corrected chi connectivity index (χ4v) is 3.36. The average Bonchev–Trinajstić information content (AvgIpc) is 3.07. The Morgan fingerprint density at radius 1 is 1.12 bits per heavy atom. The lowest BCUT2D eigenvalue weighted by atomic mass is 10.0. The number of nitrogens with zero attached hydrogens (tertiary/aromatic N) is 3. The van der Waals surface area contributed by atoms with Crippen molar-refractivity contribution in [2.45, 2.75) is 51.7 Å². The van der Waals surface area contributed by atoms with E-state index in [1.165, 1.54) is 56.4 Å². The highest BCUT2D eigenvalue weighted by atomic mass is 15.3. The molecule has 0 bridgehead atoms. The highest BCUT2D eigenvalue weighted by molar-refractivity contribution is 5.15. The first-order valence-electron chi connectivity index (χ1n) is 9.34. The Labute approximate surface area is 145 Å². The van der Waals surface area contributed by atoms with Crippen molar-refractivity contribution in [3.05, 3.63) is 53.9 Å². The largest absolute Gasteiger partial charge is 0.310 e. The zero-order chi connectivity index (χ0) is 16.6. The van der Waals surface area contributed by atoms with E-state index in [0.29, 0.717) is 6.04 Å². The summed E-state index contributed by atoms with van der Waals surface area (Å²) >= 11 is 0. The third kappa shape index (κ3) is 5.18. The van der Waals surface area contributed by atoms with E-state index in [0.717, 1.165) is 13.1 Å². The highest BCUT2D eigenvalue weighted by Crippen LogP contribution is 2.12. The molecule has 1 aliphatic heterocycles. The smallest absolute Gasteiger partial charge is 0.0659 e. The quantitative estimate of drug-likeness (QED) is 0.808. The van der Waals surface area contributed by atoms with Gasteiger partial charge in [0, 0.05) is 24.3 Å². The summed E-state index contributed by atoms with van der Waals surface area (Å²) in [5, 5.41) is 8.20. The molecule has 3 rings (SSSR count). The molecule has 0 unspecified atom stereocenters. The second kappa shape index (κ2) is 9.00. The van der Waals surface area contributed by atoms with Gasteiger partial charge in [0.1, 0.15) is 0 Å². The molecule has 2 aromatic rings. The third-order valence-corrected chi connectivity index (χ3v) is 4.88. The van der Waals surface area contributed by atoms with Crippen LogP contribution in [0.15, 0.2) is 42.7 Å². The number of benzene rings is 1. The molecule has 0 aliphatic carbocycles. The van der Waals surface area contributed by atoms with Crippen LogP contribution in [-0.2, 0) is 13.1 Å². The van der Waals surface area contributed by atoms with Crippen LogP contribution < -0.4 is 5.32 Å². The Bertz CT molecular complexity index is 585. The molecule has 1 fully saturated rings. The van der Waals surface area contributed by atoms with E-state index in [1.807, 2.05) is 10.9 Å². The highest BCUT2D eigenvalue weighted by Gasteiger charge is 2.18. The van der Waals surface area contributed by atoms with Crippen molar-refractivity contribution in [2.24, 2.45) is 0 Å². The van der Waals surface area contributed by atoms with E-state index >= 15 is 0 Å². The summed E-state index contributed by atoms with van der Waals surface area (Å²) in [6, 6.07) is 11.1. The summed E-state index contributed by atoms with van der Waals surface area (Å²) in [4.78, 5) is 2.61. The van der Waals surface area contributed by atoms with Crippen molar-refractivity contribution < 1.29 is 0 Å². The molecule has 1 aliphatic rings. The number of unbranched alkanes of at least 4 members (excludes halogenated alkanes) is 1. The molecule has 4 nitrogen and oxygen atoms in total. The first-order valence-corrected chi connectivity index (χ1v) is 9.34. The maximum Gasteiger partial charge on any atom is 0.0659 e. The minimum Gasteiger partial charge on any atom is -0.310 e. The first-order chi connectivity index (χ1) is 11.8. The maximum absolute atomic E-state index is 4.49. The van der Waals surface area contributed by atoms with Crippen LogP contribution >= 0.6 is 0 Å². The average molecular weight is 326 g/mol. The maximum atomic E-state index is 4.49. The summed E-state index contributed by atoms with van der Waals surface area (Å²) in [6.45, 7) is 7.79. The van der Waals surface area contributed by atoms with Gasteiger partial charge >= 0.3 is 0 Å². The lowest BCUT2D eigenvalue weighted by Crippen LogP contribution is -2.42. The number of hydrogen-bond donors (Lipinski definition) is 1. The van der Waals surface area contributed by atoms with E-state index in [2.05, 4.69) is 58.8 Å². The number of piperidine rings is 1. The van der Waals surface area contributed by atoms with Gasteiger partial charge in [-0.1, -0.05) is 43.7 Å². The van der Waals surface area contributed by atoms with Crippen LogP contribution in [0.4, 0.5) is 0 Å². The molecule has 2 heterocycles. The molecule has 0 spiro atoms. The van der Waals surface area contributed by atoms with Gasteiger partial charge in [-0.25, -0.2) is 0 Å². The van der Waals surface area contributed by atoms with Crippen LogP contribution in [-0.4, -0.2) is 40.4 Å². The van der Waals surface area contributed by atoms with Crippen molar-refractivity contribution in [1.82, 2.24) is 20.0 Å². The minimum absolute atomic E-state index is 0.653. The van der Waals surface area contributed by atoms with E-state index in [4.69, 9.17) is 0 Å². The number of likely N-dealkylation sites (tertiary alicyclic amines) is 1. The molecular formula is C20H30N4. The molecule has 1 aromatic carbocycles. The fourth-order valence-electron chi connectivity index (χ4n) is 3.36. The Kier molecular flexibility index (Phi) is 6.44. The molecule has 1 N–H and O–H groups in total. The molecule has 130 valence electrons. The zero-order valence-electron chi connectivity index (χ0n) is 14.8. The Hall–Kier alpha value is -1.65. The van der Waals surface area contributed by atoms with Crippen LogP contribution in [0.5, 0.6) is 0 Å². The molecular weight excluding hydrogens is 296 g/mol. The minimum atomic E-state index is 0.653. The molecule has 4 heteroatoms. The normalized spacial score (nSPS) is 16.5. The van der Waals surface area contributed by atoms with Gasteiger partial charge in [0.15, 0.2) is 0 Å². The van der Waals surface area contributed by atoms with Crippen molar-refractivity contribution in [3.63, 3.8) is 0 Å². The standard InChI is InChI=1S/C20H30N4/c1-2-3-11-23-12-9-20(10-13-23)21-14-19-15-22-24(17-19)16-18-7-5-4-6-8-18/h4-8,15,17,20-21H,2-3,9-14,16H2,1H3. The zero-order valence-corrected chi connectivity index (χ0v) is 14.8. The summed E-state index contributed by atoms with van der Waals surface area (Å²) < 4.78 is 2.03. The van der Waals surface area contributed by atoms with Gasteiger partial charge in [0.05, 0.1) is 12.7 Å². The monoisotopic (exact) mass is 326 g/mol. The molecule has 0 amide bonds. The number of aromatic nitrogens is 2. The molecule has 0 radical (unpaired) electrons. The van der Waals surface area contributed by atoms with Crippen molar-refractivity contribution in [2.75, 3.05) is 19.6 Å². The molecule has 1 aromatic heterocycles. The van der Waals surface area contributed by atoms with E-state index in [1.54, 1.807) is 0 Å².